The number of nitrogens with zero attached hydrogens (tertiary/aromatic N) is 2. The molecule has 30 heavy (non-hydrogen) atoms. The Balaban J connectivity index is 1.21. The number of carbonyl (C=O) groups excluding carboxylic acids is 2. The summed E-state index contributed by atoms with van der Waals surface area (Å²) in [5.74, 6) is -0.191. The number of urea groups is 1. The van der Waals surface area contributed by atoms with Crippen molar-refractivity contribution < 1.29 is 9.59 Å². The largest absolute Gasteiger partial charge is 0.347 e. The first-order valence-electron chi connectivity index (χ1n) is 10.1. The number of carbonyl (C=O) groups is 2. The van der Waals surface area contributed by atoms with Crippen LogP contribution in [0.15, 0.2) is 66.7 Å². The van der Waals surface area contributed by atoms with Crippen LogP contribution >= 0.6 is 0 Å². The second kappa shape index (κ2) is 9.26. The number of rotatable bonds is 7. The lowest BCUT2D eigenvalue weighted by atomic mass is 10.1. The van der Waals surface area contributed by atoms with Gasteiger partial charge in [0.2, 0.25) is 0 Å². The van der Waals surface area contributed by atoms with Gasteiger partial charge in [-0.3, -0.25) is 9.48 Å². The number of amides is 3. The Labute approximate surface area is 175 Å². The average molecular weight is 403 g/mol. The fourth-order valence-electron chi connectivity index (χ4n) is 3.58. The third-order valence-corrected chi connectivity index (χ3v) is 5.12. The topological polar surface area (TPSA) is 88.1 Å². The van der Waals surface area contributed by atoms with E-state index in [0.717, 1.165) is 17.7 Å². The minimum Gasteiger partial charge on any atom is -0.347 e. The highest BCUT2D eigenvalue weighted by Crippen LogP contribution is 2.16. The maximum atomic E-state index is 12.4. The lowest BCUT2D eigenvalue weighted by Gasteiger charge is -2.13. The summed E-state index contributed by atoms with van der Waals surface area (Å²) in [6, 6.07) is 21.4. The average Bonchev–Trinajstić information content (AvgIpc) is 3.32. The van der Waals surface area contributed by atoms with Gasteiger partial charge in [0.1, 0.15) is 5.69 Å². The predicted molar refractivity (Wildman–Crippen MR) is 114 cm³/mol. The number of benzene rings is 2. The van der Waals surface area contributed by atoms with Crippen molar-refractivity contribution in [1.82, 2.24) is 25.7 Å². The molecule has 7 heteroatoms. The van der Waals surface area contributed by atoms with Gasteiger partial charge < -0.3 is 16.0 Å². The molecule has 154 valence electrons. The Kier molecular flexibility index (Phi) is 6.08. The molecule has 1 aliphatic rings. The maximum Gasteiger partial charge on any atom is 0.315 e. The van der Waals surface area contributed by atoms with Gasteiger partial charge in [-0.05, 0) is 23.6 Å². The first-order valence-corrected chi connectivity index (χ1v) is 10.1. The van der Waals surface area contributed by atoms with Crippen molar-refractivity contribution in [2.24, 2.45) is 0 Å². The van der Waals surface area contributed by atoms with Crippen molar-refractivity contribution in [3.05, 3.63) is 89.2 Å². The zero-order valence-corrected chi connectivity index (χ0v) is 16.7. The Morgan fingerprint density at radius 3 is 2.37 bits per heavy atom. The smallest absolute Gasteiger partial charge is 0.315 e. The normalized spacial score (nSPS) is 14.7. The molecule has 1 aromatic heterocycles. The lowest BCUT2D eigenvalue weighted by Crippen LogP contribution is -2.43. The summed E-state index contributed by atoms with van der Waals surface area (Å²) in [6.45, 7) is 1.61. The standard InChI is InChI=1S/C23H25N5O2/c29-22(25-15-18-9-5-2-6-10-18)21-14-20-13-19(16-28(20)27-21)26-23(30)24-12-11-17-7-3-1-4-8-17/h1-10,14,19H,11-13,15-16H2,(H,25,29)(H2,24,26,30). The van der Waals surface area contributed by atoms with Crippen molar-refractivity contribution in [3.8, 4) is 0 Å². The second-order valence-electron chi connectivity index (χ2n) is 7.41. The van der Waals surface area contributed by atoms with Gasteiger partial charge in [-0.15, -0.1) is 0 Å². The highest BCUT2D eigenvalue weighted by molar-refractivity contribution is 5.92. The van der Waals surface area contributed by atoms with E-state index in [9.17, 15) is 9.59 Å². The van der Waals surface area contributed by atoms with E-state index in [4.69, 9.17) is 0 Å². The number of nitrogens with one attached hydrogen (secondary N) is 3. The van der Waals surface area contributed by atoms with Crippen molar-refractivity contribution >= 4 is 11.9 Å². The molecule has 2 aromatic carbocycles. The summed E-state index contributed by atoms with van der Waals surface area (Å²) >= 11 is 0. The van der Waals surface area contributed by atoms with E-state index >= 15 is 0 Å². The highest BCUT2D eigenvalue weighted by atomic mass is 16.2. The van der Waals surface area contributed by atoms with Crippen LogP contribution in [-0.4, -0.2) is 34.3 Å². The molecule has 3 N–H and O–H groups in total. The molecule has 0 spiro atoms. The van der Waals surface area contributed by atoms with Crippen molar-refractivity contribution in [2.45, 2.75) is 32.0 Å². The minimum atomic E-state index is -0.191. The summed E-state index contributed by atoms with van der Waals surface area (Å²) in [6.07, 6.45) is 1.45. The van der Waals surface area contributed by atoms with Gasteiger partial charge >= 0.3 is 6.03 Å². The molecule has 0 bridgehead atoms. The third kappa shape index (κ3) is 5.05. The summed E-state index contributed by atoms with van der Waals surface area (Å²) in [5.41, 5.74) is 3.60. The molecule has 4 rings (SSSR count). The van der Waals surface area contributed by atoms with Gasteiger partial charge in [-0.1, -0.05) is 60.7 Å². The Hall–Kier alpha value is -3.61. The number of fused-ring (bicyclic) bond motifs is 1. The van der Waals surface area contributed by atoms with Crippen LogP contribution in [0.1, 0.15) is 27.3 Å². The molecule has 0 radical (unpaired) electrons. The summed E-state index contributed by atoms with van der Waals surface area (Å²) < 4.78 is 1.80. The SMILES string of the molecule is O=C(NCCc1ccccc1)NC1Cc2cc(C(=O)NCc3ccccc3)nn2C1. The summed E-state index contributed by atoms with van der Waals surface area (Å²) in [4.78, 5) is 24.5. The van der Waals surface area contributed by atoms with Crippen LogP contribution in [0.3, 0.4) is 0 Å². The molecule has 3 aromatic rings. The molecule has 2 heterocycles. The zero-order chi connectivity index (χ0) is 20.8. The molecular weight excluding hydrogens is 378 g/mol. The third-order valence-electron chi connectivity index (χ3n) is 5.12. The monoisotopic (exact) mass is 403 g/mol. The molecular formula is C23H25N5O2. The van der Waals surface area contributed by atoms with Crippen LogP contribution in [0.2, 0.25) is 0 Å². The van der Waals surface area contributed by atoms with E-state index in [1.807, 2.05) is 60.7 Å². The quantitative estimate of drug-likeness (QED) is 0.566. The van der Waals surface area contributed by atoms with Gasteiger partial charge in [-0.25, -0.2) is 4.79 Å². The molecule has 0 saturated carbocycles. The number of hydrogen-bond donors (Lipinski definition) is 3. The van der Waals surface area contributed by atoms with Gasteiger partial charge in [0.05, 0.1) is 12.6 Å². The Bertz CT molecular complexity index is 977. The van der Waals surface area contributed by atoms with Gasteiger partial charge in [0, 0.05) is 25.2 Å². The van der Waals surface area contributed by atoms with Crippen molar-refractivity contribution in [3.63, 3.8) is 0 Å². The highest BCUT2D eigenvalue weighted by Gasteiger charge is 2.26. The predicted octanol–water partition coefficient (Wildman–Crippen LogP) is 2.28. The van der Waals surface area contributed by atoms with Crippen LogP contribution in [0.4, 0.5) is 4.79 Å². The van der Waals surface area contributed by atoms with E-state index in [1.54, 1.807) is 10.7 Å². The van der Waals surface area contributed by atoms with Gasteiger partial charge in [-0.2, -0.15) is 5.10 Å². The van der Waals surface area contributed by atoms with Crippen LogP contribution in [0, 0.1) is 0 Å². The molecule has 0 aliphatic carbocycles. The second-order valence-corrected chi connectivity index (χ2v) is 7.41. The van der Waals surface area contributed by atoms with E-state index in [0.29, 0.717) is 31.7 Å². The first-order chi connectivity index (χ1) is 14.7. The zero-order valence-electron chi connectivity index (χ0n) is 16.7. The summed E-state index contributed by atoms with van der Waals surface area (Å²) in [5, 5.41) is 13.2. The molecule has 3 amide bonds. The number of hydrogen-bond acceptors (Lipinski definition) is 3. The van der Waals surface area contributed by atoms with Crippen LogP contribution in [0.5, 0.6) is 0 Å². The van der Waals surface area contributed by atoms with Crippen LogP contribution in [-0.2, 0) is 25.9 Å². The van der Waals surface area contributed by atoms with E-state index < -0.39 is 0 Å². The van der Waals surface area contributed by atoms with Crippen LogP contribution < -0.4 is 16.0 Å². The van der Waals surface area contributed by atoms with Crippen LogP contribution in [0.25, 0.3) is 0 Å². The maximum absolute atomic E-state index is 12.4. The fourth-order valence-corrected chi connectivity index (χ4v) is 3.58. The molecule has 0 saturated heterocycles. The molecule has 1 aliphatic heterocycles. The van der Waals surface area contributed by atoms with E-state index in [1.165, 1.54) is 5.56 Å². The molecule has 1 unspecified atom stereocenters. The summed E-state index contributed by atoms with van der Waals surface area (Å²) in [7, 11) is 0. The van der Waals surface area contributed by atoms with Crippen molar-refractivity contribution in [2.75, 3.05) is 6.54 Å². The number of aromatic nitrogens is 2. The Morgan fingerprint density at radius 1 is 0.967 bits per heavy atom. The fraction of sp³-hybridized carbons (Fsp3) is 0.261. The molecule has 1 atom stereocenters. The Morgan fingerprint density at radius 2 is 1.67 bits per heavy atom. The van der Waals surface area contributed by atoms with E-state index in [2.05, 4.69) is 21.0 Å². The molecule has 0 fully saturated rings. The minimum absolute atomic E-state index is 0.0225. The molecule has 7 nitrogen and oxygen atoms in total. The van der Waals surface area contributed by atoms with E-state index in [-0.39, 0.29) is 18.0 Å². The van der Waals surface area contributed by atoms with Crippen molar-refractivity contribution in [1.29, 1.82) is 0 Å². The first kappa shape index (κ1) is 19.7. The lowest BCUT2D eigenvalue weighted by molar-refractivity contribution is 0.0944. The van der Waals surface area contributed by atoms with Gasteiger partial charge in [0.25, 0.3) is 5.91 Å². The van der Waals surface area contributed by atoms with Gasteiger partial charge in [0.15, 0.2) is 0 Å².